The number of rotatable bonds is 3. The second-order valence-electron chi connectivity index (χ2n) is 3.84. The van der Waals surface area contributed by atoms with Gasteiger partial charge in [0, 0.05) is 17.8 Å². The van der Waals surface area contributed by atoms with Crippen LogP contribution in [0.5, 0.6) is 11.6 Å². The molecule has 5 heteroatoms. The number of hydrogen-bond acceptors (Lipinski definition) is 3. The molecule has 0 aliphatic carbocycles. The summed E-state index contributed by atoms with van der Waals surface area (Å²) in [5.74, 6) is -2.04. The maximum absolute atomic E-state index is 13.5. The van der Waals surface area contributed by atoms with Crippen LogP contribution in [-0.2, 0) is 0 Å². The largest absolute Gasteiger partial charge is 0.435 e. The van der Waals surface area contributed by atoms with Crippen molar-refractivity contribution in [3.8, 4) is 11.6 Å². The van der Waals surface area contributed by atoms with E-state index in [0.29, 0.717) is 5.56 Å². The lowest BCUT2D eigenvalue weighted by Crippen LogP contribution is -2.07. The van der Waals surface area contributed by atoms with Crippen LogP contribution in [0.1, 0.15) is 18.5 Å². The summed E-state index contributed by atoms with van der Waals surface area (Å²) < 4.78 is 31.8. The lowest BCUT2D eigenvalue weighted by Gasteiger charge is -2.12. The first-order valence-corrected chi connectivity index (χ1v) is 5.42. The van der Waals surface area contributed by atoms with Gasteiger partial charge in [0.1, 0.15) is 0 Å². The molecule has 2 rings (SSSR count). The van der Waals surface area contributed by atoms with Gasteiger partial charge in [-0.3, -0.25) is 0 Å². The van der Waals surface area contributed by atoms with Crippen molar-refractivity contribution in [3.05, 3.63) is 53.7 Å². The molecule has 0 unspecified atom stereocenters. The maximum atomic E-state index is 13.5. The monoisotopic (exact) mass is 250 g/mol. The van der Waals surface area contributed by atoms with E-state index in [4.69, 9.17) is 10.5 Å². The average Bonchev–Trinajstić information content (AvgIpc) is 2.35. The molecule has 0 radical (unpaired) electrons. The van der Waals surface area contributed by atoms with E-state index in [1.165, 1.54) is 18.3 Å². The third kappa shape index (κ3) is 2.46. The molecular formula is C13H12F2N2O. The Morgan fingerprint density at radius 2 is 2.00 bits per heavy atom. The zero-order valence-corrected chi connectivity index (χ0v) is 9.73. The van der Waals surface area contributed by atoms with Gasteiger partial charge in [0.2, 0.25) is 11.7 Å². The van der Waals surface area contributed by atoms with Crippen molar-refractivity contribution in [3.63, 3.8) is 0 Å². The zero-order valence-electron chi connectivity index (χ0n) is 9.73. The van der Waals surface area contributed by atoms with E-state index in [1.807, 2.05) is 0 Å². The summed E-state index contributed by atoms with van der Waals surface area (Å²) in [5, 5.41) is 0. The molecule has 2 aromatic rings. The smallest absolute Gasteiger partial charge is 0.224 e. The van der Waals surface area contributed by atoms with Gasteiger partial charge in [0.05, 0.1) is 0 Å². The number of benzene rings is 1. The molecule has 0 saturated carbocycles. The Labute approximate surface area is 103 Å². The van der Waals surface area contributed by atoms with Crippen LogP contribution >= 0.6 is 0 Å². The van der Waals surface area contributed by atoms with E-state index in [2.05, 4.69) is 4.98 Å². The summed E-state index contributed by atoms with van der Waals surface area (Å²) in [7, 11) is 0. The number of hydrogen-bond donors (Lipinski definition) is 1. The SMILES string of the molecule is C[C@@H](N)c1cccnc1Oc1cccc(F)c1F. The predicted octanol–water partition coefficient (Wildman–Crippen LogP) is 3.17. The van der Waals surface area contributed by atoms with Gasteiger partial charge in [0.15, 0.2) is 11.6 Å². The van der Waals surface area contributed by atoms with E-state index in [0.717, 1.165) is 6.07 Å². The first kappa shape index (κ1) is 12.4. The van der Waals surface area contributed by atoms with Gasteiger partial charge >= 0.3 is 0 Å². The molecule has 0 bridgehead atoms. The van der Waals surface area contributed by atoms with Crippen LogP contribution in [0.15, 0.2) is 36.5 Å². The van der Waals surface area contributed by atoms with Crippen LogP contribution < -0.4 is 10.5 Å². The van der Waals surface area contributed by atoms with Crippen LogP contribution in [0.25, 0.3) is 0 Å². The van der Waals surface area contributed by atoms with Gasteiger partial charge in [-0.05, 0) is 25.1 Å². The molecule has 18 heavy (non-hydrogen) atoms. The Bertz CT molecular complexity index is 558. The number of pyridine rings is 1. The van der Waals surface area contributed by atoms with Crippen molar-refractivity contribution >= 4 is 0 Å². The van der Waals surface area contributed by atoms with Gasteiger partial charge in [-0.2, -0.15) is 4.39 Å². The Kier molecular flexibility index (Phi) is 3.53. The molecule has 0 aliphatic heterocycles. The Morgan fingerprint density at radius 1 is 1.22 bits per heavy atom. The minimum atomic E-state index is -1.04. The van der Waals surface area contributed by atoms with E-state index < -0.39 is 11.6 Å². The van der Waals surface area contributed by atoms with Gasteiger partial charge in [0.25, 0.3) is 0 Å². The molecule has 0 fully saturated rings. The summed E-state index contributed by atoms with van der Waals surface area (Å²) in [6.07, 6.45) is 1.50. The minimum Gasteiger partial charge on any atom is -0.435 e. The van der Waals surface area contributed by atoms with Gasteiger partial charge in [-0.25, -0.2) is 9.37 Å². The van der Waals surface area contributed by atoms with Crippen LogP contribution in [-0.4, -0.2) is 4.98 Å². The molecule has 0 aliphatic rings. The lowest BCUT2D eigenvalue weighted by atomic mass is 10.1. The average molecular weight is 250 g/mol. The fourth-order valence-electron chi connectivity index (χ4n) is 1.50. The number of nitrogens with two attached hydrogens (primary N) is 1. The van der Waals surface area contributed by atoms with Crippen LogP contribution in [0.2, 0.25) is 0 Å². The standard InChI is InChI=1S/C13H12F2N2O/c1-8(16)9-4-3-7-17-13(9)18-11-6-2-5-10(14)12(11)15/h2-8H,16H2,1H3/t8-/m1/s1. The van der Waals surface area contributed by atoms with Crippen molar-refractivity contribution < 1.29 is 13.5 Å². The molecule has 1 atom stereocenters. The summed E-state index contributed by atoms with van der Waals surface area (Å²) in [5.41, 5.74) is 6.37. The number of halogens is 2. The van der Waals surface area contributed by atoms with Crippen molar-refractivity contribution in [1.29, 1.82) is 0 Å². The molecule has 94 valence electrons. The van der Waals surface area contributed by atoms with Crippen LogP contribution in [0, 0.1) is 11.6 Å². The lowest BCUT2D eigenvalue weighted by molar-refractivity contribution is 0.400. The normalized spacial score (nSPS) is 12.2. The highest BCUT2D eigenvalue weighted by molar-refractivity contribution is 5.34. The number of aromatic nitrogens is 1. The second kappa shape index (κ2) is 5.10. The van der Waals surface area contributed by atoms with E-state index in [9.17, 15) is 8.78 Å². The number of ether oxygens (including phenoxy) is 1. The molecular weight excluding hydrogens is 238 g/mol. The number of nitrogens with zero attached hydrogens (tertiary/aromatic N) is 1. The van der Waals surface area contributed by atoms with Crippen LogP contribution in [0.4, 0.5) is 8.78 Å². The summed E-state index contributed by atoms with van der Waals surface area (Å²) >= 11 is 0. The Hall–Kier alpha value is -2.01. The second-order valence-corrected chi connectivity index (χ2v) is 3.84. The summed E-state index contributed by atoms with van der Waals surface area (Å²) in [6, 6.07) is 6.83. The molecule has 0 saturated heterocycles. The summed E-state index contributed by atoms with van der Waals surface area (Å²) in [6.45, 7) is 1.76. The van der Waals surface area contributed by atoms with Crippen molar-refractivity contribution in [2.45, 2.75) is 13.0 Å². The van der Waals surface area contributed by atoms with Gasteiger partial charge in [-0.15, -0.1) is 0 Å². The van der Waals surface area contributed by atoms with E-state index in [1.54, 1.807) is 19.1 Å². The maximum Gasteiger partial charge on any atom is 0.224 e. The van der Waals surface area contributed by atoms with Crippen molar-refractivity contribution in [1.82, 2.24) is 4.98 Å². The first-order valence-electron chi connectivity index (χ1n) is 5.42. The highest BCUT2D eigenvalue weighted by Gasteiger charge is 2.14. The molecule has 3 nitrogen and oxygen atoms in total. The molecule has 0 amide bonds. The molecule has 1 heterocycles. The first-order chi connectivity index (χ1) is 8.59. The quantitative estimate of drug-likeness (QED) is 0.910. The fourth-order valence-corrected chi connectivity index (χ4v) is 1.50. The zero-order chi connectivity index (χ0) is 13.1. The fraction of sp³-hybridized carbons (Fsp3) is 0.154. The molecule has 0 spiro atoms. The third-order valence-electron chi connectivity index (χ3n) is 2.41. The minimum absolute atomic E-state index is 0.178. The Morgan fingerprint density at radius 3 is 2.72 bits per heavy atom. The topological polar surface area (TPSA) is 48.1 Å². The summed E-state index contributed by atoms with van der Waals surface area (Å²) in [4.78, 5) is 3.97. The molecule has 1 aromatic carbocycles. The van der Waals surface area contributed by atoms with Gasteiger partial charge in [-0.1, -0.05) is 12.1 Å². The van der Waals surface area contributed by atoms with Gasteiger partial charge < -0.3 is 10.5 Å². The van der Waals surface area contributed by atoms with Crippen molar-refractivity contribution in [2.75, 3.05) is 0 Å². The highest BCUT2D eigenvalue weighted by Crippen LogP contribution is 2.28. The third-order valence-corrected chi connectivity index (χ3v) is 2.41. The van der Waals surface area contributed by atoms with E-state index >= 15 is 0 Å². The van der Waals surface area contributed by atoms with Crippen LogP contribution in [0.3, 0.4) is 0 Å². The highest BCUT2D eigenvalue weighted by atomic mass is 19.2. The van der Waals surface area contributed by atoms with Crippen molar-refractivity contribution in [2.24, 2.45) is 5.73 Å². The Balaban J connectivity index is 2.37. The molecule has 1 aromatic heterocycles. The molecule has 2 N–H and O–H groups in total. The predicted molar refractivity (Wildman–Crippen MR) is 63.3 cm³/mol. The van der Waals surface area contributed by atoms with E-state index in [-0.39, 0.29) is 17.7 Å².